The fraction of sp³-hybridized carbons (Fsp3) is 0.778. The van der Waals surface area contributed by atoms with Gasteiger partial charge in [0.25, 0.3) is 0 Å². The topological polar surface area (TPSA) is 86.7 Å². The predicted octanol–water partition coefficient (Wildman–Crippen LogP) is -1.70. The van der Waals surface area contributed by atoms with E-state index in [1.807, 2.05) is 7.05 Å². The minimum absolute atomic E-state index is 0.212. The van der Waals surface area contributed by atoms with Crippen LogP contribution in [0.5, 0.6) is 0 Å². The van der Waals surface area contributed by atoms with Gasteiger partial charge in [-0.3, -0.25) is 0 Å². The quantitative estimate of drug-likeness (QED) is 0.560. The molecule has 1 fully saturated rings. The minimum Gasteiger partial charge on any atom is -0.550 e. The standard InChI is InChI=1S/C7H13NO3.C2H4O2/c1-8(6-7(9)10)2-4-11-5-3-8;1-2(3)4/h2-6H2,1H3;1H3,(H,3,4). The summed E-state index contributed by atoms with van der Waals surface area (Å²) in [5.74, 6) is -1.81. The average Bonchev–Trinajstić information content (AvgIpc) is 2.01. The Balaban J connectivity index is 0.000000423. The van der Waals surface area contributed by atoms with Gasteiger partial charge >= 0.3 is 5.97 Å². The Morgan fingerprint density at radius 3 is 2.13 bits per heavy atom. The number of hydrogen-bond acceptors (Lipinski definition) is 4. The molecule has 6 nitrogen and oxygen atoms in total. The molecule has 0 amide bonds. The highest BCUT2D eigenvalue weighted by Crippen LogP contribution is 2.06. The molecule has 0 unspecified atom stereocenters. The Morgan fingerprint density at radius 2 is 1.80 bits per heavy atom. The zero-order chi connectivity index (χ0) is 11.9. The summed E-state index contributed by atoms with van der Waals surface area (Å²) >= 11 is 0. The molecule has 0 aromatic heterocycles. The van der Waals surface area contributed by atoms with Crippen LogP contribution in [0.15, 0.2) is 0 Å². The van der Waals surface area contributed by atoms with Gasteiger partial charge in [-0.05, 0) is 6.92 Å². The molecular weight excluding hydrogens is 202 g/mol. The first-order valence-corrected chi connectivity index (χ1v) is 4.66. The van der Waals surface area contributed by atoms with Crippen molar-refractivity contribution >= 4 is 11.9 Å². The van der Waals surface area contributed by atoms with E-state index in [0.717, 1.165) is 20.0 Å². The zero-order valence-corrected chi connectivity index (χ0v) is 9.06. The maximum atomic E-state index is 10.4. The van der Waals surface area contributed by atoms with Gasteiger partial charge in [0.05, 0.1) is 20.3 Å². The largest absolute Gasteiger partial charge is 0.550 e. The van der Waals surface area contributed by atoms with Crippen LogP contribution in [0, 0.1) is 0 Å². The smallest absolute Gasteiger partial charge is 0.359 e. The van der Waals surface area contributed by atoms with Crippen LogP contribution in [-0.2, 0) is 14.3 Å². The van der Waals surface area contributed by atoms with Crippen LogP contribution in [-0.4, -0.2) is 61.4 Å². The third-order valence-corrected chi connectivity index (χ3v) is 2.07. The highest BCUT2D eigenvalue weighted by atomic mass is 16.5. The molecule has 1 rings (SSSR count). The molecule has 1 heterocycles. The summed E-state index contributed by atoms with van der Waals surface area (Å²) < 4.78 is 5.74. The Morgan fingerprint density at radius 1 is 1.40 bits per heavy atom. The summed E-state index contributed by atoms with van der Waals surface area (Å²) in [5, 5.41) is 17.5. The fourth-order valence-corrected chi connectivity index (χ4v) is 1.27. The van der Waals surface area contributed by atoms with Crippen molar-refractivity contribution in [3.63, 3.8) is 0 Å². The van der Waals surface area contributed by atoms with E-state index < -0.39 is 11.9 Å². The molecule has 6 heteroatoms. The molecule has 0 atom stereocenters. The summed E-state index contributed by atoms with van der Waals surface area (Å²) in [6.45, 7) is 4.18. The van der Waals surface area contributed by atoms with E-state index in [1.165, 1.54) is 0 Å². The number of nitrogens with zero attached hydrogens (tertiary/aromatic N) is 1. The Hall–Kier alpha value is -1.14. The number of carboxylic acid groups (broad SMARTS) is 2. The fourth-order valence-electron chi connectivity index (χ4n) is 1.27. The second-order valence-corrected chi connectivity index (χ2v) is 3.72. The zero-order valence-electron chi connectivity index (χ0n) is 9.06. The van der Waals surface area contributed by atoms with Crippen LogP contribution in [0.2, 0.25) is 0 Å². The molecule has 1 aliphatic rings. The van der Waals surface area contributed by atoms with Crippen LogP contribution < -0.4 is 5.11 Å². The summed E-state index contributed by atoms with van der Waals surface area (Å²) in [6.07, 6.45) is 0. The van der Waals surface area contributed by atoms with Gasteiger partial charge in [-0.25, -0.2) is 4.79 Å². The van der Waals surface area contributed by atoms with Crippen molar-refractivity contribution in [3.05, 3.63) is 0 Å². The van der Waals surface area contributed by atoms with E-state index in [2.05, 4.69) is 0 Å². The summed E-state index contributed by atoms with van der Waals surface area (Å²) in [5.41, 5.74) is 0. The van der Waals surface area contributed by atoms with Crippen molar-refractivity contribution < 1.29 is 29.0 Å². The van der Waals surface area contributed by atoms with Gasteiger partial charge in [-0.15, -0.1) is 0 Å². The molecule has 1 saturated heterocycles. The Bertz CT molecular complexity index is 219. The van der Waals surface area contributed by atoms with Crippen LogP contribution in [0.4, 0.5) is 0 Å². The first-order valence-electron chi connectivity index (χ1n) is 4.66. The molecule has 0 spiro atoms. The summed E-state index contributed by atoms with van der Waals surface area (Å²) in [6, 6.07) is 0. The van der Waals surface area contributed by atoms with E-state index >= 15 is 0 Å². The van der Waals surface area contributed by atoms with Crippen LogP contribution in [0.1, 0.15) is 6.92 Å². The van der Waals surface area contributed by atoms with Crippen LogP contribution >= 0.6 is 0 Å². The van der Waals surface area contributed by atoms with Crippen molar-refractivity contribution in [3.8, 4) is 0 Å². The Kier molecular flexibility index (Phi) is 5.88. The lowest BCUT2D eigenvalue weighted by atomic mass is 10.3. The normalized spacial score (nSPS) is 18.5. The van der Waals surface area contributed by atoms with E-state index in [9.17, 15) is 4.79 Å². The third kappa shape index (κ3) is 7.90. The van der Waals surface area contributed by atoms with Crippen LogP contribution in [0.3, 0.4) is 0 Å². The molecule has 0 saturated carbocycles. The number of morpholine rings is 1. The number of likely N-dealkylation sites (N-methyl/N-ethyl adjacent to an activating group) is 1. The molecule has 0 aromatic rings. The average molecular weight is 219 g/mol. The minimum atomic E-state index is -1.08. The number of rotatable bonds is 2. The maximum absolute atomic E-state index is 10.4. The Labute approximate surface area is 88.7 Å². The molecule has 0 aliphatic carbocycles. The number of ether oxygens (including phenoxy) is 1. The molecular formula is C9H17NO5. The lowest BCUT2D eigenvalue weighted by molar-refractivity contribution is -0.910. The first-order chi connectivity index (χ1) is 6.86. The van der Waals surface area contributed by atoms with Crippen molar-refractivity contribution in [1.82, 2.24) is 0 Å². The SMILES string of the molecule is CC(=O)[O-].C[N+]1(CC(=O)O)CCOCC1. The highest BCUT2D eigenvalue weighted by molar-refractivity contribution is 5.67. The van der Waals surface area contributed by atoms with Gasteiger partial charge in [-0.2, -0.15) is 0 Å². The predicted molar refractivity (Wildman–Crippen MR) is 49.9 cm³/mol. The van der Waals surface area contributed by atoms with Gasteiger partial charge in [0.1, 0.15) is 13.1 Å². The number of aliphatic carboxylic acids is 2. The summed E-state index contributed by atoms with van der Waals surface area (Å²) in [7, 11) is 1.96. The maximum Gasteiger partial charge on any atom is 0.359 e. The van der Waals surface area contributed by atoms with E-state index in [4.69, 9.17) is 19.7 Å². The van der Waals surface area contributed by atoms with Crippen molar-refractivity contribution in [2.24, 2.45) is 0 Å². The number of carboxylic acids is 2. The van der Waals surface area contributed by atoms with Gasteiger partial charge in [0.15, 0.2) is 6.54 Å². The molecule has 1 aliphatic heterocycles. The number of quaternary nitrogens is 1. The van der Waals surface area contributed by atoms with Gasteiger partial charge in [-0.1, -0.05) is 0 Å². The number of carbonyl (C=O) groups excluding carboxylic acids is 1. The summed E-state index contributed by atoms with van der Waals surface area (Å²) in [4.78, 5) is 19.3. The van der Waals surface area contributed by atoms with Crippen molar-refractivity contribution in [2.45, 2.75) is 6.92 Å². The second kappa shape index (κ2) is 6.36. The highest BCUT2D eigenvalue weighted by Gasteiger charge is 2.27. The monoisotopic (exact) mass is 219 g/mol. The van der Waals surface area contributed by atoms with Crippen molar-refractivity contribution in [1.29, 1.82) is 0 Å². The molecule has 0 aromatic carbocycles. The van der Waals surface area contributed by atoms with Gasteiger partial charge < -0.3 is 24.2 Å². The first kappa shape index (κ1) is 13.9. The van der Waals surface area contributed by atoms with Crippen molar-refractivity contribution in [2.75, 3.05) is 39.9 Å². The number of carbonyl (C=O) groups is 2. The lowest BCUT2D eigenvalue weighted by Crippen LogP contribution is -2.54. The third-order valence-electron chi connectivity index (χ3n) is 2.07. The van der Waals surface area contributed by atoms with E-state index in [-0.39, 0.29) is 6.54 Å². The molecule has 1 N–H and O–H groups in total. The molecule has 0 radical (unpaired) electrons. The number of hydrogen-bond donors (Lipinski definition) is 1. The van der Waals surface area contributed by atoms with Crippen LogP contribution in [0.25, 0.3) is 0 Å². The lowest BCUT2D eigenvalue weighted by Gasteiger charge is -2.35. The van der Waals surface area contributed by atoms with Gasteiger partial charge in [0, 0.05) is 5.97 Å². The van der Waals surface area contributed by atoms with E-state index in [0.29, 0.717) is 17.7 Å². The van der Waals surface area contributed by atoms with Gasteiger partial charge in [0.2, 0.25) is 0 Å². The molecule has 15 heavy (non-hydrogen) atoms. The van der Waals surface area contributed by atoms with E-state index in [1.54, 1.807) is 0 Å². The second-order valence-electron chi connectivity index (χ2n) is 3.72. The molecule has 88 valence electrons. The molecule has 0 bridgehead atoms.